The fraction of sp³-hybridized carbons (Fsp3) is 0.600. The lowest BCUT2D eigenvalue weighted by Gasteiger charge is -2.22. The molecule has 13 heavy (non-hydrogen) atoms. The second kappa shape index (κ2) is 4.33. The Balaban J connectivity index is 1.90. The SMILES string of the molecule is c1cc(CC2CCCNC2)ncn1. The van der Waals surface area contributed by atoms with Gasteiger partial charge in [0.2, 0.25) is 0 Å². The summed E-state index contributed by atoms with van der Waals surface area (Å²) in [5, 5.41) is 3.41. The van der Waals surface area contributed by atoms with Crippen molar-refractivity contribution in [1.82, 2.24) is 15.3 Å². The van der Waals surface area contributed by atoms with Crippen molar-refractivity contribution in [2.75, 3.05) is 13.1 Å². The number of aromatic nitrogens is 2. The van der Waals surface area contributed by atoms with Gasteiger partial charge in [-0.3, -0.25) is 0 Å². The molecule has 1 aliphatic rings. The first-order chi connectivity index (χ1) is 6.45. The molecule has 0 amide bonds. The van der Waals surface area contributed by atoms with Crippen LogP contribution < -0.4 is 5.32 Å². The van der Waals surface area contributed by atoms with Crippen LogP contribution in [0.1, 0.15) is 18.5 Å². The van der Waals surface area contributed by atoms with E-state index in [0.29, 0.717) is 0 Å². The second-order valence-corrected chi connectivity index (χ2v) is 3.62. The van der Waals surface area contributed by atoms with E-state index in [1.165, 1.54) is 25.1 Å². The van der Waals surface area contributed by atoms with E-state index in [9.17, 15) is 0 Å². The van der Waals surface area contributed by atoms with Crippen molar-refractivity contribution in [3.63, 3.8) is 0 Å². The van der Waals surface area contributed by atoms with Crippen molar-refractivity contribution in [2.45, 2.75) is 19.3 Å². The largest absolute Gasteiger partial charge is 0.316 e. The lowest BCUT2D eigenvalue weighted by Crippen LogP contribution is -2.31. The highest BCUT2D eigenvalue weighted by atomic mass is 14.9. The van der Waals surface area contributed by atoms with Crippen molar-refractivity contribution in [2.24, 2.45) is 5.92 Å². The average Bonchev–Trinajstić information content (AvgIpc) is 2.21. The zero-order chi connectivity index (χ0) is 8.93. The van der Waals surface area contributed by atoms with Crippen LogP contribution in [-0.4, -0.2) is 23.1 Å². The predicted octanol–water partition coefficient (Wildman–Crippen LogP) is 1.02. The first-order valence-corrected chi connectivity index (χ1v) is 4.91. The summed E-state index contributed by atoms with van der Waals surface area (Å²) in [6, 6.07) is 2.01. The Hall–Kier alpha value is -0.960. The number of hydrogen-bond acceptors (Lipinski definition) is 3. The topological polar surface area (TPSA) is 37.8 Å². The van der Waals surface area contributed by atoms with Crippen molar-refractivity contribution in [3.05, 3.63) is 24.3 Å². The van der Waals surface area contributed by atoms with E-state index in [1.807, 2.05) is 12.3 Å². The van der Waals surface area contributed by atoms with E-state index < -0.39 is 0 Å². The van der Waals surface area contributed by atoms with Gasteiger partial charge in [-0.15, -0.1) is 0 Å². The molecule has 1 saturated heterocycles. The molecule has 0 spiro atoms. The fourth-order valence-corrected chi connectivity index (χ4v) is 1.83. The van der Waals surface area contributed by atoms with Gasteiger partial charge < -0.3 is 5.32 Å². The molecule has 2 heterocycles. The summed E-state index contributed by atoms with van der Waals surface area (Å²) in [7, 11) is 0. The summed E-state index contributed by atoms with van der Waals surface area (Å²) < 4.78 is 0. The highest BCUT2D eigenvalue weighted by molar-refractivity contribution is 4.99. The molecule has 1 fully saturated rings. The summed E-state index contributed by atoms with van der Waals surface area (Å²) >= 11 is 0. The molecule has 3 heteroatoms. The van der Waals surface area contributed by atoms with Crippen LogP contribution in [0, 0.1) is 5.92 Å². The monoisotopic (exact) mass is 177 g/mol. The summed E-state index contributed by atoms with van der Waals surface area (Å²) in [4.78, 5) is 8.15. The smallest absolute Gasteiger partial charge is 0.115 e. The van der Waals surface area contributed by atoms with Crippen LogP contribution in [-0.2, 0) is 6.42 Å². The molecule has 2 rings (SSSR count). The summed E-state index contributed by atoms with van der Waals surface area (Å²) in [5.41, 5.74) is 1.17. The van der Waals surface area contributed by atoms with Gasteiger partial charge in [0.1, 0.15) is 6.33 Å². The standard InChI is InChI=1S/C10H15N3/c1-2-9(7-11-4-1)6-10-3-5-12-8-13-10/h3,5,8-9,11H,1-2,4,6-7H2. The van der Waals surface area contributed by atoms with Crippen LogP contribution in [0.25, 0.3) is 0 Å². The van der Waals surface area contributed by atoms with Crippen LogP contribution >= 0.6 is 0 Å². The van der Waals surface area contributed by atoms with Gasteiger partial charge in [0, 0.05) is 11.9 Å². The molecule has 0 radical (unpaired) electrons. The minimum Gasteiger partial charge on any atom is -0.316 e. The second-order valence-electron chi connectivity index (χ2n) is 3.62. The zero-order valence-electron chi connectivity index (χ0n) is 7.74. The molecule has 1 aromatic rings. The van der Waals surface area contributed by atoms with Gasteiger partial charge in [0.05, 0.1) is 0 Å². The Morgan fingerprint density at radius 1 is 1.54 bits per heavy atom. The molecular formula is C10H15N3. The van der Waals surface area contributed by atoms with E-state index in [4.69, 9.17) is 0 Å². The van der Waals surface area contributed by atoms with Gasteiger partial charge in [-0.2, -0.15) is 0 Å². The molecule has 0 saturated carbocycles. The number of nitrogens with zero attached hydrogens (tertiary/aromatic N) is 2. The van der Waals surface area contributed by atoms with Crippen molar-refractivity contribution >= 4 is 0 Å². The first kappa shape index (κ1) is 8.63. The molecule has 70 valence electrons. The van der Waals surface area contributed by atoms with Crippen molar-refractivity contribution in [1.29, 1.82) is 0 Å². The average molecular weight is 177 g/mol. The molecule has 1 unspecified atom stereocenters. The third-order valence-corrected chi connectivity index (χ3v) is 2.54. The van der Waals surface area contributed by atoms with Crippen LogP contribution in [0.5, 0.6) is 0 Å². The highest BCUT2D eigenvalue weighted by Crippen LogP contribution is 2.14. The number of hydrogen-bond donors (Lipinski definition) is 1. The molecule has 0 aromatic carbocycles. The van der Waals surface area contributed by atoms with E-state index in [2.05, 4.69) is 15.3 Å². The van der Waals surface area contributed by atoms with E-state index in [-0.39, 0.29) is 0 Å². The van der Waals surface area contributed by atoms with Crippen LogP contribution in [0.15, 0.2) is 18.6 Å². The van der Waals surface area contributed by atoms with Crippen molar-refractivity contribution in [3.8, 4) is 0 Å². The van der Waals surface area contributed by atoms with Gasteiger partial charge in [-0.25, -0.2) is 9.97 Å². The van der Waals surface area contributed by atoms with Crippen LogP contribution in [0.4, 0.5) is 0 Å². The van der Waals surface area contributed by atoms with E-state index in [0.717, 1.165) is 18.9 Å². The maximum Gasteiger partial charge on any atom is 0.115 e. The van der Waals surface area contributed by atoms with Crippen LogP contribution in [0.2, 0.25) is 0 Å². The maximum absolute atomic E-state index is 4.23. The maximum atomic E-state index is 4.23. The Kier molecular flexibility index (Phi) is 2.87. The number of piperidine rings is 1. The van der Waals surface area contributed by atoms with Crippen molar-refractivity contribution < 1.29 is 0 Å². The van der Waals surface area contributed by atoms with E-state index >= 15 is 0 Å². The number of nitrogens with one attached hydrogen (secondary N) is 1. The minimum absolute atomic E-state index is 0.767. The highest BCUT2D eigenvalue weighted by Gasteiger charge is 2.13. The third kappa shape index (κ3) is 2.49. The van der Waals surface area contributed by atoms with E-state index in [1.54, 1.807) is 6.33 Å². The molecule has 3 nitrogen and oxygen atoms in total. The lowest BCUT2D eigenvalue weighted by atomic mass is 9.95. The van der Waals surface area contributed by atoms with Gasteiger partial charge in [0.15, 0.2) is 0 Å². The Morgan fingerprint density at radius 2 is 2.54 bits per heavy atom. The predicted molar refractivity (Wildman–Crippen MR) is 51.3 cm³/mol. The Morgan fingerprint density at radius 3 is 3.23 bits per heavy atom. The fourth-order valence-electron chi connectivity index (χ4n) is 1.83. The minimum atomic E-state index is 0.767. The van der Waals surface area contributed by atoms with Gasteiger partial charge in [-0.05, 0) is 44.3 Å². The molecular weight excluding hydrogens is 162 g/mol. The molecule has 1 aliphatic heterocycles. The third-order valence-electron chi connectivity index (χ3n) is 2.54. The van der Waals surface area contributed by atoms with Gasteiger partial charge >= 0.3 is 0 Å². The number of rotatable bonds is 2. The van der Waals surface area contributed by atoms with Gasteiger partial charge in [0.25, 0.3) is 0 Å². The molecule has 0 bridgehead atoms. The van der Waals surface area contributed by atoms with Crippen LogP contribution in [0.3, 0.4) is 0 Å². The van der Waals surface area contributed by atoms with Gasteiger partial charge in [-0.1, -0.05) is 0 Å². The normalized spacial score (nSPS) is 22.9. The quantitative estimate of drug-likeness (QED) is 0.733. The molecule has 1 aromatic heterocycles. The molecule has 1 N–H and O–H groups in total. The summed E-state index contributed by atoms with van der Waals surface area (Å²) in [6.07, 6.45) is 7.17. The Labute approximate surface area is 78.6 Å². The Bertz CT molecular complexity index is 242. The molecule has 1 atom stereocenters. The summed E-state index contributed by atoms with van der Waals surface area (Å²) in [6.45, 7) is 2.32. The summed E-state index contributed by atoms with van der Waals surface area (Å²) in [5.74, 6) is 0.767. The zero-order valence-corrected chi connectivity index (χ0v) is 7.74. The first-order valence-electron chi connectivity index (χ1n) is 4.91. The lowest BCUT2D eigenvalue weighted by molar-refractivity contribution is 0.373. The molecule has 0 aliphatic carbocycles.